The highest BCUT2D eigenvalue weighted by molar-refractivity contribution is 8.00. The van der Waals surface area contributed by atoms with E-state index < -0.39 is 46.5 Å². The lowest BCUT2D eigenvalue weighted by Crippen LogP contribution is -2.44. The number of aliphatic carboxylic acids is 1. The number of hydrogen-bond donors (Lipinski definition) is 2. The molecule has 2 amide bonds. The third kappa shape index (κ3) is 4.31. The maximum absolute atomic E-state index is 13.7. The minimum atomic E-state index is -1.28. The second-order valence-corrected chi connectivity index (χ2v) is 14.1. The van der Waals surface area contributed by atoms with Gasteiger partial charge in [0, 0.05) is 38.8 Å². The number of amides is 2. The molecule has 0 spiro atoms. The molecule has 4 aliphatic rings. The van der Waals surface area contributed by atoms with E-state index in [0.29, 0.717) is 32.7 Å². The number of rotatable bonds is 7. The fourth-order valence-corrected chi connectivity index (χ4v) is 10.8. The van der Waals surface area contributed by atoms with Crippen LogP contribution < -0.4 is 9.61 Å². The lowest BCUT2D eigenvalue weighted by molar-refractivity contribution is -0.385. The second-order valence-electron chi connectivity index (χ2n) is 11.4. The molecule has 2 saturated carbocycles. The van der Waals surface area contributed by atoms with Crippen LogP contribution in [0.15, 0.2) is 52.3 Å². The van der Waals surface area contributed by atoms with Crippen molar-refractivity contribution in [3.63, 3.8) is 0 Å². The molecule has 14 heteroatoms. The van der Waals surface area contributed by atoms with Gasteiger partial charge in [0.1, 0.15) is 18.4 Å². The number of ether oxygens (including phenoxy) is 1. The van der Waals surface area contributed by atoms with Crippen molar-refractivity contribution in [2.45, 2.75) is 42.2 Å². The van der Waals surface area contributed by atoms with Gasteiger partial charge < -0.3 is 14.8 Å². The number of nitrogens with one attached hydrogen (secondary N) is 1. The number of carbonyl (C=O) groups excluding carboxylic acids is 2. The van der Waals surface area contributed by atoms with E-state index in [1.54, 1.807) is 24.3 Å². The van der Waals surface area contributed by atoms with Crippen LogP contribution in [-0.2, 0) is 21.0 Å². The maximum Gasteiger partial charge on any atom is 0.326 e. The van der Waals surface area contributed by atoms with E-state index in [-0.39, 0.29) is 40.2 Å². The van der Waals surface area contributed by atoms with E-state index in [1.165, 1.54) is 30.8 Å². The molecule has 7 rings (SSSR count). The standard InChI is InChI=1S/C29H24ClN3O8S2/c1-11(28(36)37)32-26(34)21-16-9-17(22(21)27(32)35)23-20(16)19(24-25(42-23)31-29(38)43-24)15-8-14(33(39)40)5-6-18(15)41-10-12-3-2-4-13(30)7-12/h2-8,11,16-17,19-23H,9-10H2,1H3,(H,31,38)(H,36,37)/t11?,16?,17?,19-,20?,21?,22?,23?/m1/s1. The number of aromatic amines is 1. The molecule has 2 aliphatic heterocycles. The average molecular weight is 642 g/mol. The van der Waals surface area contributed by atoms with Crippen molar-refractivity contribution in [3.8, 4) is 5.75 Å². The summed E-state index contributed by atoms with van der Waals surface area (Å²) in [6.45, 7) is 1.48. The number of nitro benzene ring substituents is 1. The Hall–Kier alpha value is -3.68. The van der Waals surface area contributed by atoms with Crippen molar-refractivity contribution >= 4 is 58.2 Å². The zero-order valence-electron chi connectivity index (χ0n) is 22.5. The first-order valence-corrected chi connectivity index (χ1v) is 15.8. The number of H-pyrrole nitrogens is 1. The molecule has 2 N–H and O–H groups in total. The molecule has 1 saturated heterocycles. The van der Waals surface area contributed by atoms with Crippen LogP contribution in [0.3, 0.4) is 0 Å². The van der Waals surface area contributed by atoms with E-state index in [1.807, 2.05) is 6.07 Å². The summed E-state index contributed by atoms with van der Waals surface area (Å²) < 4.78 is 6.25. The first-order valence-electron chi connectivity index (χ1n) is 13.7. The number of likely N-dealkylation sites (tertiary alicyclic amines) is 1. The van der Waals surface area contributed by atoms with Gasteiger partial charge in [-0.15, -0.1) is 11.8 Å². The zero-order chi connectivity index (χ0) is 30.3. The number of nitrogens with zero attached hydrogens (tertiary/aromatic N) is 2. The van der Waals surface area contributed by atoms with E-state index >= 15 is 0 Å². The number of carboxylic acids is 1. The summed E-state index contributed by atoms with van der Waals surface area (Å²) in [5, 5.41) is 22.5. The molecule has 1 aromatic heterocycles. The maximum atomic E-state index is 13.7. The number of halogens is 1. The van der Waals surface area contributed by atoms with Crippen LogP contribution in [0.5, 0.6) is 5.75 Å². The summed E-state index contributed by atoms with van der Waals surface area (Å²) in [5.41, 5.74) is 1.19. The van der Waals surface area contributed by atoms with Gasteiger partial charge in [0.15, 0.2) is 0 Å². The molecule has 222 valence electrons. The van der Waals surface area contributed by atoms with Crippen molar-refractivity contribution in [1.82, 2.24) is 9.88 Å². The third-order valence-corrected chi connectivity index (χ3v) is 12.1. The van der Waals surface area contributed by atoms with Gasteiger partial charge in [0.25, 0.3) is 5.69 Å². The fraction of sp³-hybridized carbons (Fsp3) is 0.379. The number of non-ortho nitro benzene ring substituents is 1. The smallest absolute Gasteiger partial charge is 0.326 e. The van der Waals surface area contributed by atoms with Crippen LogP contribution in [-0.4, -0.2) is 49.0 Å². The highest BCUT2D eigenvalue weighted by Gasteiger charge is 2.70. The third-order valence-electron chi connectivity index (χ3n) is 9.33. The number of carboxylic acid groups (broad SMARTS) is 1. The molecule has 2 aromatic carbocycles. The summed E-state index contributed by atoms with van der Waals surface area (Å²) in [6.07, 6.45) is 0.591. The van der Waals surface area contributed by atoms with Crippen LogP contribution in [0.25, 0.3) is 0 Å². The van der Waals surface area contributed by atoms with Gasteiger partial charge in [-0.25, -0.2) is 4.79 Å². The average Bonchev–Trinajstić information content (AvgIpc) is 3.70. The first kappa shape index (κ1) is 28.1. The molecule has 3 aromatic rings. The normalized spacial score (nSPS) is 29.3. The van der Waals surface area contributed by atoms with Crippen molar-refractivity contribution in [3.05, 3.63) is 83.3 Å². The summed E-state index contributed by atoms with van der Waals surface area (Å²) >= 11 is 8.66. The number of imide groups is 1. The second kappa shape index (κ2) is 10.2. The number of thiazole rings is 1. The minimum Gasteiger partial charge on any atom is -0.489 e. The number of thioether (sulfide) groups is 1. The van der Waals surface area contributed by atoms with Gasteiger partial charge in [-0.1, -0.05) is 35.1 Å². The van der Waals surface area contributed by atoms with Crippen LogP contribution in [0.2, 0.25) is 5.02 Å². The van der Waals surface area contributed by atoms with Gasteiger partial charge in [-0.3, -0.25) is 29.4 Å². The molecule has 3 heterocycles. The summed E-state index contributed by atoms with van der Waals surface area (Å²) in [7, 11) is 0. The van der Waals surface area contributed by atoms with Crippen LogP contribution in [0, 0.1) is 39.7 Å². The predicted molar refractivity (Wildman–Crippen MR) is 156 cm³/mol. The van der Waals surface area contributed by atoms with Crippen LogP contribution in [0.1, 0.15) is 35.3 Å². The Bertz CT molecular complexity index is 1770. The summed E-state index contributed by atoms with van der Waals surface area (Å²) in [6, 6.07) is 10.3. The van der Waals surface area contributed by atoms with Crippen molar-refractivity contribution < 1.29 is 29.2 Å². The number of benzene rings is 2. The number of fused-ring (bicyclic) bond motifs is 9. The van der Waals surface area contributed by atoms with Gasteiger partial charge in [-0.05, 0) is 54.9 Å². The molecule has 8 atom stereocenters. The molecule has 2 bridgehead atoms. The predicted octanol–water partition coefficient (Wildman–Crippen LogP) is 4.52. The van der Waals surface area contributed by atoms with E-state index in [0.717, 1.165) is 21.8 Å². The Morgan fingerprint density at radius 2 is 1.93 bits per heavy atom. The van der Waals surface area contributed by atoms with E-state index in [4.69, 9.17) is 16.3 Å². The van der Waals surface area contributed by atoms with Gasteiger partial charge in [0.05, 0.1) is 21.8 Å². The fourth-order valence-electron chi connectivity index (χ4n) is 7.69. The summed E-state index contributed by atoms with van der Waals surface area (Å²) in [5.74, 6) is -4.39. The van der Waals surface area contributed by atoms with Crippen molar-refractivity contribution in [1.29, 1.82) is 0 Å². The Labute approximate surface area is 257 Å². The first-order chi connectivity index (χ1) is 20.5. The number of hydrogen-bond acceptors (Lipinski definition) is 9. The topological polar surface area (TPSA) is 160 Å². The highest BCUT2D eigenvalue weighted by Crippen LogP contribution is 2.69. The molecule has 3 fully saturated rings. The van der Waals surface area contributed by atoms with Crippen molar-refractivity contribution in [2.75, 3.05) is 0 Å². The van der Waals surface area contributed by atoms with Crippen LogP contribution in [0.4, 0.5) is 5.69 Å². The van der Waals surface area contributed by atoms with E-state index in [9.17, 15) is 34.4 Å². The molecule has 11 nitrogen and oxygen atoms in total. The minimum absolute atomic E-state index is 0.140. The monoisotopic (exact) mass is 641 g/mol. The molecular weight excluding hydrogens is 618 g/mol. The molecule has 7 unspecified atom stereocenters. The Balaban J connectivity index is 1.33. The summed E-state index contributed by atoms with van der Waals surface area (Å²) in [4.78, 5) is 67.2. The Morgan fingerprint density at radius 1 is 1.19 bits per heavy atom. The van der Waals surface area contributed by atoms with Gasteiger partial charge in [-0.2, -0.15) is 0 Å². The molecule has 0 radical (unpaired) electrons. The SMILES string of the molecule is CC(C(=O)O)N1C(=O)C2C3CC(C2C1=O)C1C3Sc2[nH]c(=O)sc2[C@@H]1c1cc([N+](=O)[O-])ccc1OCc1cccc(Cl)c1. The lowest BCUT2D eigenvalue weighted by Gasteiger charge is -2.43. The molecule has 43 heavy (non-hydrogen) atoms. The molecule has 2 aliphatic carbocycles. The van der Waals surface area contributed by atoms with Crippen LogP contribution >= 0.6 is 34.7 Å². The number of nitro groups is 1. The Kier molecular flexibility index (Phi) is 6.67. The number of carbonyl (C=O) groups is 3. The lowest BCUT2D eigenvalue weighted by atomic mass is 9.68. The van der Waals surface area contributed by atoms with E-state index in [2.05, 4.69) is 4.98 Å². The van der Waals surface area contributed by atoms with Gasteiger partial charge in [0.2, 0.25) is 11.8 Å². The van der Waals surface area contributed by atoms with Crippen molar-refractivity contribution in [2.24, 2.45) is 29.6 Å². The zero-order valence-corrected chi connectivity index (χ0v) is 24.9. The molecular formula is C29H24ClN3O8S2. The Morgan fingerprint density at radius 3 is 2.63 bits per heavy atom. The highest BCUT2D eigenvalue weighted by atomic mass is 35.5. The quantitative estimate of drug-likeness (QED) is 0.215. The largest absolute Gasteiger partial charge is 0.489 e. The van der Waals surface area contributed by atoms with Gasteiger partial charge >= 0.3 is 10.8 Å². The number of aromatic nitrogens is 1.